The van der Waals surface area contributed by atoms with Gasteiger partial charge in [0.15, 0.2) is 0 Å². The summed E-state index contributed by atoms with van der Waals surface area (Å²) in [5.41, 5.74) is 10.4. The number of hydrogen-bond donors (Lipinski definition) is 2. The summed E-state index contributed by atoms with van der Waals surface area (Å²) in [7, 11) is 0. The van der Waals surface area contributed by atoms with Crippen molar-refractivity contribution in [2.75, 3.05) is 11.5 Å². The average Bonchev–Trinajstić information content (AvgIpc) is 3.43. The molecule has 0 saturated heterocycles. The van der Waals surface area contributed by atoms with E-state index in [4.69, 9.17) is 10.5 Å². The van der Waals surface area contributed by atoms with E-state index in [9.17, 15) is 10.1 Å². The Labute approximate surface area is 209 Å². The van der Waals surface area contributed by atoms with Gasteiger partial charge in [-0.3, -0.25) is 4.79 Å². The second-order valence-electron chi connectivity index (χ2n) is 8.45. The number of carbonyl (C=O) groups is 1. The minimum atomic E-state index is -0.741. The Bertz CT molecular complexity index is 1320. The normalized spacial score (nSPS) is 12.4. The third-order valence-electron chi connectivity index (χ3n) is 5.79. The predicted octanol–water partition coefficient (Wildman–Crippen LogP) is 3.19. The first kappa shape index (κ1) is 24.6. The van der Waals surface area contributed by atoms with Crippen LogP contribution in [-0.2, 0) is 22.6 Å². The standard InChI is InChI=1S/C27H27N7O2/c1-19-7-5-8-20(13-19)15-25(26(29)35)34(23-11-3-2-4-12-23)24(16-28)18-36-17-21-9-6-10-22(14-21)27-30-32-33-31-27/h2-14,24-25H,15,17-18H2,1H3,(H2,29,35)(H,30,31,32,33)/t24-,25-/m0/s1. The summed E-state index contributed by atoms with van der Waals surface area (Å²) in [6.07, 6.45) is 0.372. The Hall–Kier alpha value is -4.55. The molecule has 9 nitrogen and oxygen atoms in total. The number of aryl methyl sites for hydroxylation is 1. The van der Waals surface area contributed by atoms with E-state index in [0.29, 0.717) is 12.2 Å². The molecule has 36 heavy (non-hydrogen) atoms. The monoisotopic (exact) mass is 481 g/mol. The van der Waals surface area contributed by atoms with Gasteiger partial charge < -0.3 is 15.4 Å². The minimum Gasteiger partial charge on any atom is -0.374 e. The number of nitrogens with two attached hydrogens (primary N) is 1. The van der Waals surface area contributed by atoms with Crippen LogP contribution < -0.4 is 10.6 Å². The van der Waals surface area contributed by atoms with Crippen molar-refractivity contribution in [3.63, 3.8) is 0 Å². The molecule has 2 atom stereocenters. The molecule has 3 N–H and O–H groups in total. The Morgan fingerprint density at radius 1 is 1.08 bits per heavy atom. The van der Waals surface area contributed by atoms with Gasteiger partial charge in [-0.05, 0) is 41.5 Å². The van der Waals surface area contributed by atoms with Crippen molar-refractivity contribution in [3.8, 4) is 17.5 Å². The van der Waals surface area contributed by atoms with E-state index in [1.165, 1.54) is 0 Å². The van der Waals surface area contributed by atoms with Gasteiger partial charge in [0.2, 0.25) is 11.7 Å². The third kappa shape index (κ3) is 6.11. The molecule has 0 bridgehead atoms. The molecule has 0 fully saturated rings. The molecule has 1 heterocycles. The van der Waals surface area contributed by atoms with Crippen molar-refractivity contribution in [2.24, 2.45) is 5.73 Å². The number of amides is 1. The van der Waals surface area contributed by atoms with E-state index in [1.54, 1.807) is 4.90 Å². The average molecular weight is 482 g/mol. The van der Waals surface area contributed by atoms with Crippen LogP contribution in [0.4, 0.5) is 5.69 Å². The first-order valence-electron chi connectivity index (χ1n) is 11.5. The SMILES string of the molecule is Cc1cccc(C[C@@H](C(N)=O)N(c2ccccc2)[C@@H](C#N)COCc2cccc(-c3nn[nH]n3)c2)c1. The van der Waals surface area contributed by atoms with Gasteiger partial charge in [-0.25, -0.2) is 0 Å². The summed E-state index contributed by atoms with van der Waals surface area (Å²) in [6.45, 7) is 2.35. The maximum absolute atomic E-state index is 12.7. The van der Waals surface area contributed by atoms with Gasteiger partial charge in [0, 0.05) is 17.7 Å². The number of nitriles is 1. The van der Waals surface area contributed by atoms with Gasteiger partial charge in [0.25, 0.3) is 0 Å². The van der Waals surface area contributed by atoms with Crippen LogP contribution in [0, 0.1) is 18.3 Å². The number of para-hydroxylation sites is 1. The summed E-state index contributed by atoms with van der Waals surface area (Å²) in [6, 6.07) is 25.7. The van der Waals surface area contributed by atoms with E-state index in [2.05, 4.69) is 26.7 Å². The first-order chi connectivity index (χ1) is 17.5. The molecule has 182 valence electrons. The lowest BCUT2D eigenvalue weighted by atomic mass is 10.00. The summed E-state index contributed by atoms with van der Waals surface area (Å²) < 4.78 is 5.97. The van der Waals surface area contributed by atoms with Crippen molar-refractivity contribution in [1.29, 1.82) is 5.26 Å². The summed E-state index contributed by atoms with van der Waals surface area (Å²) in [5.74, 6) is -0.0177. The highest BCUT2D eigenvalue weighted by atomic mass is 16.5. The third-order valence-corrected chi connectivity index (χ3v) is 5.79. The van der Waals surface area contributed by atoms with E-state index < -0.39 is 18.0 Å². The zero-order valence-corrected chi connectivity index (χ0v) is 19.9. The maximum Gasteiger partial charge on any atom is 0.240 e. The number of H-pyrrole nitrogens is 1. The van der Waals surface area contributed by atoms with Crippen molar-refractivity contribution >= 4 is 11.6 Å². The summed E-state index contributed by atoms with van der Waals surface area (Å²) in [4.78, 5) is 14.4. The zero-order chi connectivity index (χ0) is 25.3. The number of nitrogens with one attached hydrogen (secondary N) is 1. The fourth-order valence-corrected chi connectivity index (χ4v) is 4.13. The van der Waals surface area contributed by atoms with Crippen molar-refractivity contribution in [1.82, 2.24) is 20.6 Å². The molecule has 1 amide bonds. The molecule has 4 rings (SSSR count). The number of carbonyl (C=O) groups excluding carboxylic acids is 1. The Kier molecular flexibility index (Phi) is 8.01. The number of tetrazole rings is 1. The molecule has 9 heteroatoms. The van der Waals surface area contributed by atoms with E-state index in [1.807, 2.05) is 85.8 Å². The number of aromatic nitrogens is 4. The second kappa shape index (κ2) is 11.7. The van der Waals surface area contributed by atoms with Gasteiger partial charge in [-0.2, -0.15) is 10.5 Å². The molecular formula is C27H27N7O2. The Balaban J connectivity index is 1.54. The Morgan fingerprint density at radius 2 is 1.86 bits per heavy atom. The van der Waals surface area contributed by atoms with Gasteiger partial charge >= 0.3 is 0 Å². The highest BCUT2D eigenvalue weighted by molar-refractivity contribution is 5.84. The molecule has 0 saturated carbocycles. The van der Waals surface area contributed by atoms with E-state index in [0.717, 1.165) is 27.9 Å². The molecule has 0 spiro atoms. The van der Waals surface area contributed by atoms with Crippen LogP contribution in [0.2, 0.25) is 0 Å². The highest BCUT2D eigenvalue weighted by Gasteiger charge is 2.31. The second-order valence-corrected chi connectivity index (χ2v) is 8.45. The summed E-state index contributed by atoms with van der Waals surface area (Å²) in [5, 5.41) is 24.1. The fourth-order valence-electron chi connectivity index (χ4n) is 4.13. The lowest BCUT2D eigenvalue weighted by Crippen LogP contribution is -2.52. The number of rotatable bonds is 11. The summed E-state index contributed by atoms with van der Waals surface area (Å²) >= 11 is 0. The molecule has 0 unspecified atom stereocenters. The van der Waals surface area contributed by atoms with Crippen LogP contribution in [0.1, 0.15) is 16.7 Å². The van der Waals surface area contributed by atoms with Crippen LogP contribution >= 0.6 is 0 Å². The van der Waals surface area contributed by atoms with Gasteiger partial charge in [0.05, 0.1) is 19.3 Å². The number of nitrogens with zero attached hydrogens (tertiary/aromatic N) is 5. The largest absolute Gasteiger partial charge is 0.374 e. The van der Waals surface area contributed by atoms with Crippen molar-refractivity contribution in [3.05, 3.63) is 95.6 Å². The number of ether oxygens (including phenoxy) is 1. The van der Waals surface area contributed by atoms with Crippen molar-refractivity contribution < 1.29 is 9.53 Å². The number of hydrogen-bond acceptors (Lipinski definition) is 7. The quantitative estimate of drug-likeness (QED) is 0.336. The lowest BCUT2D eigenvalue weighted by molar-refractivity contribution is -0.119. The number of anilines is 1. The topological polar surface area (TPSA) is 134 Å². The molecular weight excluding hydrogens is 454 g/mol. The minimum absolute atomic E-state index is 0.0788. The molecule has 3 aromatic carbocycles. The molecule has 0 radical (unpaired) electrons. The Morgan fingerprint density at radius 3 is 2.56 bits per heavy atom. The highest BCUT2D eigenvalue weighted by Crippen LogP contribution is 2.23. The van der Waals surface area contributed by atoms with Crippen LogP contribution in [0.25, 0.3) is 11.4 Å². The maximum atomic E-state index is 12.7. The predicted molar refractivity (Wildman–Crippen MR) is 135 cm³/mol. The number of benzene rings is 3. The molecule has 1 aromatic heterocycles. The fraction of sp³-hybridized carbons (Fsp3) is 0.222. The number of aromatic amines is 1. The lowest BCUT2D eigenvalue weighted by Gasteiger charge is -2.35. The van der Waals surface area contributed by atoms with E-state index >= 15 is 0 Å². The van der Waals surface area contributed by atoms with E-state index in [-0.39, 0.29) is 13.2 Å². The van der Waals surface area contributed by atoms with Gasteiger partial charge in [0.1, 0.15) is 12.1 Å². The molecule has 4 aromatic rings. The zero-order valence-electron chi connectivity index (χ0n) is 19.9. The first-order valence-corrected chi connectivity index (χ1v) is 11.5. The number of primary amides is 1. The van der Waals surface area contributed by atoms with Crippen LogP contribution in [0.15, 0.2) is 78.9 Å². The van der Waals surface area contributed by atoms with Gasteiger partial charge in [-0.15, -0.1) is 10.2 Å². The van der Waals surface area contributed by atoms with Crippen LogP contribution in [0.3, 0.4) is 0 Å². The molecule has 0 aliphatic rings. The van der Waals surface area contributed by atoms with Crippen LogP contribution in [-0.4, -0.2) is 45.2 Å². The molecule has 0 aliphatic heterocycles. The van der Waals surface area contributed by atoms with Crippen molar-refractivity contribution in [2.45, 2.75) is 32.0 Å². The van der Waals surface area contributed by atoms with Crippen LogP contribution in [0.5, 0.6) is 0 Å². The smallest absolute Gasteiger partial charge is 0.240 e. The van der Waals surface area contributed by atoms with Gasteiger partial charge in [-0.1, -0.05) is 66.2 Å². The molecule has 0 aliphatic carbocycles.